The molecule has 0 atom stereocenters. The van der Waals surface area contributed by atoms with Gasteiger partial charge in [-0.1, -0.05) is 54.1 Å². The monoisotopic (exact) mass is 464 g/mol. The van der Waals surface area contributed by atoms with E-state index in [1.54, 1.807) is 0 Å². The van der Waals surface area contributed by atoms with Crippen molar-refractivity contribution in [1.82, 2.24) is 29.9 Å². The van der Waals surface area contributed by atoms with Crippen LogP contribution in [0.3, 0.4) is 0 Å². The Morgan fingerprint density at radius 2 is 1.82 bits per heavy atom. The van der Waals surface area contributed by atoms with Crippen LogP contribution in [0.15, 0.2) is 48.5 Å². The normalized spacial score (nSPS) is 15.0. The molecule has 2 heterocycles. The first-order valence-corrected chi connectivity index (χ1v) is 11.9. The van der Waals surface area contributed by atoms with Crippen molar-refractivity contribution < 1.29 is 4.79 Å². The Labute approximate surface area is 200 Å². The van der Waals surface area contributed by atoms with E-state index in [9.17, 15) is 4.79 Å². The molecule has 2 aromatic carbocycles. The Hall–Kier alpha value is -2.81. The minimum absolute atomic E-state index is 0.00238. The summed E-state index contributed by atoms with van der Waals surface area (Å²) in [6.45, 7) is 8.43. The molecule has 7 nitrogen and oxygen atoms in total. The molecule has 1 aliphatic heterocycles. The predicted molar refractivity (Wildman–Crippen MR) is 133 cm³/mol. The third-order valence-electron chi connectivity index (χ3n) is 6.11. The fraction of sp³-hybridized carbons (Fsp3) is 0.400. The van der Waals surface area contributed by atoms with Gasteiger partial charge in [0.1, 0.15) is 0 Å². The molecule has 1 aromatic heterocycles. The highest BCUT2D eigenvalue weighted by atomic mass is 32.1. The molecule has 0 bridgehead atoms. The Kier molecular flexibility index (Phi) is 7.69. The molecule has 1 fully saturated rings. The molecule has 1 amide bonds. The van der Waals surface area contributed by atoms with Crippen LogP contribution in [0.4, 0.5) is 0 Å². The number of piperazine rings is 1. The lowest BCUT2D eigenvalue weighted by Crippen LogP contribution is -2.43. The average molecular weight is 465 g/mol. The average Bonchev–Trinajstić information content (AvgIpc) is 3.19. The van der Waals surface area contributed by atoms with Crippen LogP contribution in [0.5, 0.6) is 0 Å². The van der Waals surface area contributed by atoms with Crippen LogP contribution in [0, 0.1) is 11.7 Å². The SMILES string of the molecule is Cc1ccc(-c2n[nH]c(=S)n2CCC(=O)NCc2cccc(CN3CCN(C)CC3)c2)cc1. The molecule has 174 valence electrons. The minimum Gasteiger partial charge on any atom is -0.352 e. The number of carbonyl (C=O) groups is 1. The van der Waals surface area contributed by atoms with Gasteiger partial charge in [0.05, 0.1) is 0 Å². The number of carbonyl (C=O) groups excluding carboxylic acids is 1. The highest BCUT2D eigenvalue weighted by Gasteiger charge is 2.14. The summed E-state index contributed by atoms with van der Waals surface area (Å²) >= 11 is 5.39. The van der Waals surface area contributed by atoms with Crippen LogP contribution in [0.1, 0.15) is 23.1 Å². The zero-order chi connectivity index (χ0) is 23.2. The highest BCUT2D eigenvalue weighted by Crippen LogP contribution is 2.18. The molecule has 0 unspecified atom stereocenters. The van der Waals surface area contributed by atoms with Crippen molar-refractivity contribution in [3.8, 4) is 11.4 Å². The van der Waals surface area contributed by atoms with Gasteiger partial charge < -0.3 is 10.2 Å². The molecule has 0 saturated carbocycles. The molecular weight excluding hydrogens is 432 g/mol. The Balaban J connectivity index is 1.29. The van der Waals surface area contributed by atoms with Gasteiger partial charge in [-0.2, -0.15) is 5.10 Å². The number of nitrogens with one attached hydrogen (secondary N) is 2. The number of amides is 1. The van der Waals surface area contributed by atoms with Crippen molar-refractivity contribution in [3.05, 3.63) is 70.0 Å². The van der Waals surface area contributed by atoms with Crippen LogP contribution >= 0.6 is 12.2 Å². The van der Waals surface area contributed by atoms with Crippen molar-refractivity contribution in [2.75, 3.05) is 33.2 Å². The molecule has 0 spiro atoms. The molecule has 0 radical (unpaired) electrons. The number of benzene rings is 2. The predicted octanol–water partition coefficient (Wildman–Crippen LogP) is 3.37. The summed E-state index contributed by atoms with van der Waals surface area (Å²) in [5.74, 6) is 0.752. The van der Waals surface area contributed by atoms with Gasteiger partial charge in [-0.05, 0) is 37.3 Å². The van der Waals surface area contributed by atoms with Crippen LogP contribution < -0.4 is 5.32 Å². The van der Waals surface area contributed by atoms with Gasteiger partial charge in [-0.15, -0.1) is 0 Å². The van der Waals surface area contributed by atoms with E-state index in [4.69, 9.17) is 12.2 Å². The van der Waals surface area contributed by atoms with Crippen molar-refractivity contribution >= 4 is 18.1 Å². The van der Waals surface area contributed by atoms with E-state index in [1.807, 2.05) is 35.8 Å². The first-order valence-electron chi connectivity index (χ1n) is 11.5. The number of H-pyrrole nitrogens is 1. The lowest BCUT2D eigenvalue weighted by molar-refractivity contribution is -0.121. The molecule has 1 aliphatic rings. The van der Waals surface area contributed by atoms with Crippen molar-refractivity contribution in [3.63, 3.8) is 0 Å². The highest BCUT2D eigenvalue weighted by molar-refractivity contribution is 7.71. The fourth-order valence-corrected chi connectivity index (χ4v) is 4.28. The van der Waals surface area contributed by atoms with Crippen LogP contribution in [-0.4, -0.2) is 63.7 Å². The van der Waals surface area contributed by atoms with Gasteiger partial charge in [0, 0.05) is 57.8 Å². The maximum atomic E-state index is 12.5. The number of rotatable bonds is 8. The van der Waals surface area contributed by atoms with Crippen LogP contribution in [-0.2, 0) is 24.4 Å². The van der Waals surface area contributed by atoms with E-state index in [-0.39, 0.29) is 5.91 Å². The first kappa shape index (κ1) is 23.4. The molecule has 0 aliphatic carbocycles. The van der Waals surface area contributed by atoms with Crippen molar-refractivity contribution in [2.45, 2.75) is 33.0 Å². The molecule has 1 saturated heterocycles. The summed E-state index contributed by atoms with van der Waals surface area (Å²) in [6.07, 6.45) is 0.341. The van der Waals surface area contributed by atoms with Gasteiger partial charge in [-0.3, -0.25) is 19.4 Å². The molecule has 3 aromatic rings. The summed E-state index contributed by atoms with van der Waals surface area (Å²) in [6, 6.07) is 16.6. The number of aromatic amines is 1. The smallest absolute Gasteiger partial charge is 0.222 e. The fourth-order valence-electron chi connectivity index (χ4n) is 4.05. The molecular formula is C25H32N6OS. The second-order valence-electron chi connectivity index (χ2n) is 8.80. The number of aromatic nitrogens is 3. The Bertz CT molecular complexity index is 1130. The van der Waals surface area contributed by atoms with Crippen molar-refractivity contribution in [1.29, 1.82) is 0 Å². The maximum Gasteiger partial charge on any atom is 0.222 e. The van der Waals surface area contributed by atoms with E-state index in [2.05, 4.69) is 56.6 Å². The van der Waals surface area contributed by atoms with E-state index in [0.29, 0.717) is 24.3 Å². The number of likely N-dealkylation sites (N-methyl/N-ethyl adjacent to an activating group) is 1. The Morgan fingerprint density at radius 3 is 2.58 bits per heavy atom. The topological polar surface area (TPSA) is 69.2 Å². The standard InChI is InChI=1S/C25H32N6OS/c1-19-6-8-22(9-7-19)24-27-28-25(33)31(24)11-10-23(32)26-17-20-4-3-5-21(16-20)18-30-14-12-29(2)13-15-30/h3-9,16H,10-15,17-18H2,1-2H3,(H,26,32)(H,28,33). The van der Waals surface area contributed by atoms with Gasteiger partial charge in [-0.25, -0.2) is 0 Å². The molecule has 8 heteroatoms. The summed E-state index contributed by atoms with van der Waals surface area (Å²) in [7, 11) is 2.17. The minimum atomic E-state index is -0.00238. The van der Waals surface area contributed by atoms with Gasteiger partial charge in [0.2, 0.25) is 5.91 Å². The third-order valence-corrected chi connectivity index (χ3v) is 6.43. The lowest BCUT2D eigenvalue weighted by atomic mass is 10.1. The molecule has 33 heavy (non-hydrogen) atoms. The summed E-state index contributed by atoms with van der Waals surface area (Å²) in [5, 5.41) is 10.3. The second kappa shape index (κ2) is 10.9. The maximum absolute atomic E-state index is 12.5. The zero-order valence-electron chi connectivity index (χ0n) is 19.4. The summed E-state index contributed by atoms with van der Waals surface area (Å²) < 4.78 is 2.41. The quantitative estimate of drug-likeness (QED) is 0.500. The molecule has 4 rings (SSSR count). The van der Waals surface area contributed by atoms with Crippen molar-refractivity contribution in [2.24, 2.45) is 0 Å². The van der Waals surface area contributed by atoms with E-state index in [0.717, 1.165) is 49.7 Å². The largest absolute Gasteiger partial charge is 0.352 e. The Morgan fingerprint density at radius 1 is 1.09 bits per heavy atom. The van der Waals surface area contributed by atoms with Crippen LogP contribution in [0.25, 0.3) is 11.4 Å². The van der Waals surface area contributed by atoms with Gasteiger partial charge in [0.25, 0.3) is 0 Å². The van der Waals surface area contributed by atoms with Crippen LogP contribution in [0.2, 0.25) is 0 Å². The number of aryl methyl sites for hydroxylation is 1. The number of nitrogens with zero attached hydrogens (tertiary/aromatic N) is 4. The summed E-state index contributed by atoms with van der Waals surface area (Å²) in [5.41, 5.74) is 4.57. The summed E-state index contributed by atoms with van der Waals surface area (Å²) in [4.78, 5) is 17.4. The van der Waals surface area contributed by atoms with Gasteiger partial charge >= 0.3 is 0 Å². The van der Waals surface area contributed by atoms with E-state index in [1.165, 1.54) is 11.1 Å². The second-order valence-corrected chi connectivity index (χ2v) is 9.18. The van der Waals surface area contributed by atoms with Gasteiger partial charge in [0.15, 0.2) is 10.6 Å². The van der Waals surface area contributed by atoms with E-state index >= 15 is 0 Å². The van der Waals surface area contributed by atoms with E-state index < -0.39 is 0 Å². The third kappa shape index (κ3) is 6.37. The lowest BCUT2D eigenvalue weighted by Gasteiger charge is -2.32. The number of hydrogen-bond donors (Lipinski definition) is 2. The number of hydrogen-bond acceptors (Lipinski definition) is 5. The first-order chi connectivity index (χ1) is 16.0. The zero-order valence-corrected chi connectivity index (χ0v) is 20.2. The molecule has 2 N–H and O–H groups in total.